The van der Waals surface area contributed by atoms with Crippen molar-refractivity contribution < 1.29 is 9.59 Å². The zero-order chi connectivity index (χ0) is 45.7. The molecule has 6 aromatic carbocycles. The van der Waals surface area contributed by atoms with E-state index in [-0.39, 0.29) is 18.7 Å². The summed E-state index contributed by atoms with van der Waals surface area (Å²) in [5.41, 5.74) is 13.7. The van der Waals surface area contributed by atoms with Gasteiger partial charge in [0, 0.05) is 72.3 Å². The molecule has 4 N–H and O–H groups in total. The molecule has 0 spiro atoms. The molecular weight excluding hydrogens is 817 g/mol. The monoisotopic (exact) mass is 878 g/mol. The third-order valence-electron chi connectivity index (χ3n) is 12.5. The van der Waals surface area contributed by atoms with E-state index >= 15 is 0 Å². The number of nitrogens with zero attached hydrogens (tertiary/aromatic N) is 5. The van der Waals surface area contributed by atoms with Crippen LogP contribution in [0, 0.1) is 0 Å². The van der Waals surface area contributed by atoms with E-state index < -0.39 is 5.91 Å². The van der Waals surface area contributed by atoms with Gasteiger partial charge in [0.2, 0.25) is 11.8 Å². The fraction of sp³-hybridized carbons (Fsp3) is 0.286. The summed E-state index contributed by atoms with van der Waals surface area (Å²) >= 11 is 0. The Morgan fingerprint density at radius 1 is 0.485 bits per heavy atom. The third-order valence-corrected chi connectivity index (χ3v) is 12.5. The summed E-state index contributed by atoms with van der Waals surface area (Å²) in [6, 6.07) is 50.8. The number of benzene rings is 6. The van der Waals surface area contributed by atoms with Gasteiger partial charge in [0.25, 0.3) is 0 Å². The van der Waals surface area contributed by atoms with Crippen molar-refractivity contribution in [3.05, 3.63) is 146 Å². The van der Waals surface area contributed by atoms with Crippen molar-refractivity contribution in [2.75, 3.05) is 77.1 Å². The molecule has 338 valence electrons. The predicted octanol–water partition coefficient (Wildman–Crippen LogP) is 10.5. The molecule has 0 fully saturated rings. The maximum Gasteiger partial charge on any atom is 0.223 e. The van der Waals surface area contributed by atoms with Crippen molar-refractivity contribution in [1.29, 1.82) is 0 Å². The van der Waals surface area contributed by atoms with E-state index in [1.54, 1.807) is 0 Å². The lowest BCUT2D eigenvalue weighted by atomic mass is 10.0. The lowest BCUT2D eigenvalue weighted by Gasteiger charge is -2.26. The second kappa shape index (κ2) is 22.3. The second-order valence-corrected chi connectivity index (χ2v) is 17.5. The van der Waals surface area contributed by atoms with E-state index in [9.17, 15) is 9.59 Å². The van der Waals surface area contributed by atoms with Crippen molar-refractivity contribution in [2.24, 2.45) is 5.73 Å². The van der Waals surface area contributed by atoms with Crippen molar-refractivity contribution >= 4 is 66.5 Å². The average Bonchev–Trinajstić information content (AvgIpc) is 3.34. The summed E-state index contributed by atoms with van der Waals surface area (Å²) in [5, 5.41) is 14.5. The van der Waals surface area contributed by atoms with Crippen molar-refractivity contribution in [2.45, 2.75) is 38.5 Å². The van der Waals surface area contributed by atoms with E-state index in [1.165, 1.54) is 21.5 Å². The van der Waals surface area contributed by atoms with Gasteiger partial charge >= 0.3 is 0 Å². The SMILES string of the molecule is CN(CCCNc1cc(-c2ccc3ccccc3c2)nc2ccccc12)CCCN(CCCN(C)CCCNc1cc(-c2ccc3ccccc3c2)nc2ccccc12)C(=O)CCC(N)=O. The Morgan fingerprint density at radius 3 is 1.38 bits per heavy atom. The molecule has 10 nitrogen and oxygen atoms in total. The van der Waals surface area contributed by atoms with Crippen LogP contribution in [0.1, 0.15) is 38.5 Å². The molecule has 0 atom stereocenters. The van der Waals surface area contributed by atoms with Crippen molar-refractivity contribution in [3.63, 3.8) is 0 Å². The molecule has 8 aromatic rings. The first-order valence-corrected chi connectivity index (χ1v) is 23.5. The number of carbonyl (C=O) groups excluding carboxylic acids is 2. The van der Waals surface area contributed by atoms with Gasteiger partial charge < -0.3 is 31.1 Å². The zero-order valence-electron chi connectivity index (χ0n) is 38.4. The summed E-state index contributed by atoms with van der Waals surface area (Å²) < 4.78 is 0. The molecular formula is C56H62N8O2. The lowest BCUT2D eigenvalue weighted by molar-refractivity contribution is -0.133. The minimum absolute atomic E-state index is 0.00669. The molecule has 0 aliphatic rings. The topological polar surface area (TPSA) is 120 Å². The molecule has 0 saturated carbocycles. The Morgan fingerprint density at radius 2 is 0.909 bits per heavy atom. The highest BCUT2D eigenvalue weighted by molar-refractivity contribution is 5.96. The molecule has 0 saturated heterocycles. The first-order chi connectivity index (χ1) is 32.3. The number of fused-ring (bicyclic) bond motifs is 4. The average molecular weight is 879 g/mol. The Bertz CT molecular complexity index is 2730. The van der Waals surface area contributed by atoms with Crippen LogP contribution in [-0.4, -0.2) is 103 Å². The molecule has 2 aromatic heterocycles. The van der Waals surface area contributed by atoms with Gasteiger partial charge in [0.1, 0.15) is 0 Å². The third kappa shape index (κ3) is 12.1. The van der Waals surface area contributed by atoms with Crippen LogP contribution < -0.4 is 16.4 Å². The smallest absolute Gasteiger partial charge is 0.223 e. The van der Waals surface area contributed by atoms with Gasteiger partial charge in [-0.15, -0.1) is 0 Å². The number of pyridine rings is 2. The normalized spacial score (nSPS) is 11.6. The molecule has 0 aliphatic carbocycles. The first-order valence-electron chi connectivity index (χ1n) is 23.5. The van der Waals surface area contributed by atoms with Gasteiger partial charge in [-0.25, -0.2) is 9.97 Å². The zero-order valence-corrected chi connectivity index (χ0v) is 38.4. The highest BCUT2D eigenvalue weighted by atomic mass is 16.2. The molecule has 0 radical (unpaired) electrons. The number of primary amides is 1. The van der Waals surface area contributed by atoms with Crippen LogP contribution in [0.2, 0.25) is 0 Å². The van der Waals surface area contributed by atoms with Gasteiger partial charge in [0.05, 0.1) is 22.4 Å². The maximum atomic E-state index is 13.3. The van der Waals surface area contributed by atoms with Crippen molar-refractivity contribution in [3.8, 4) is 22.5 Å². The largest absolute Gasteiger partial charge is 0.384 e. The molecule has 66 heavy (non-hydrogen) atoms. The van der Waals surface area contributed by atoms with Gasteiger partial charge in [-0.3, -0.25) is 9.59 Å². The minimum atomic E-state index is -0.445. The van der Waals surface area contributed by atoms with Crippen molar-refractivity contribution in [1.82, 2.24) is 24.7 Å². The first kappa shape index (κ1) is 45.7. The fourth-order valence-corrected chi connectivity index (χ4v) is 8.82. The second-order valence-electron chi connectivity index (χ2n) is 17.5. The van der Waals surface area contributed by atoms with Crippen LogP contribution in [0.4, 0.5) is 11.4 Å². The molecule has 2 heterocycles. The number of hydrogen-bond acceptors (Lipinski definition) is 8. The number of amides is 2. The van der Waals surface area contributed by atoms with E-state index in [4.69, 9.17) is 15.7 Å². The van der Waals surface area contributed by atoms with Crippen LogP contribution in [0.25, 0.3) is 65.9 Å². The number of nitrogens with two attached hydrogens (primary N) is 1. The standard InChI is InChI=1S/C56H62N8O2/c1-62(31-11-29-58-53-39-51(60-49-21-9-7-19-47(49)53)45-25-23-41-15-3-5-17-43(41)37-45)33-13-35-64(56(66)28-27-55(57)65)36-14-34-63(2)32-12-30-59-54-40-52(61-50-22-10-8-20-48(50)54)46-26-24-42-16-4-6-18-44(42)38-46/h3-10,15-26,37-40H,11-14,27-36H2,1-2H3,(H2,57,65)(H,58,60)(H,59,61). The molecule has 0 aliphatic heterocycles. The number of anilines is 2. The molecule has 0 bridgehead atoms. The van der Waals surface area contributed by atoms with E-state index in [0.717, 1.165) is 121 Å². The summed E-state index contributed by atoms with van der Waals surface area (Å²) in [5.74, 6) is -0.452. The Hall–Kier alpha value is -6.88. The Kier molecular flexibility index (Phi) is 15.5. The highest BCUT2D eigenvalue weighted by Crippen LogP contribution is 2.32. The number of aromatic nitrogens is 2. The van der Waals surface area contributed by atoms with Crippen LogP contribution in [-0.2, 0) is 9.59 Å². The summed E-state index contributed by atoms with van der Waals surface area (Å²) in [6.07, 6.45) is 3.85. The van der Waals surface area contributed by atoms with Crippen LogP contribution >= 0.6 is 0 Å². The molecule has 2 amide bonds. The predicted molar refractivity (Wildman–Crippen MR) is 275 cm³/mol. The highest BCUT2D eigenvalue weighted by Gasteiger charge is 2.16. The molecule has 0 unspecified atom stereocenters. The van der Waals surface area contributed by atoms with Gasteiger partial charge in [-0.1, -0.05) is 109 Å². The molecule has 8 rings (SSSR count). The lowest BCUT2D eigenvalue weighted by Crippen LogP contribution is -2.36. The van der Waals surface area contributed by atoms with E-state index in [2.05, 4.69) is 168 Å². The van der Waals surface area contributed by atoms with Gasteiger partial charge in [-0.2, -0.15) is 0 Å². The summed E-state index contributed by atoms with van der Waals surface area (Å²) in [6.45, 7) is 6.53. The summed E-state index contributed by atoms with van der Waals surface area (Å²) in [4.78, 5) is 41.5. The van der Waals surface area contributed by atoms with E-state index in [1.807, 2.05) is 17.0 Å². The Balaban J connectivity index is 0.780. The van der Waals surface area contributed by atoms with Crippen LogP contribution in [0.5, 0.6) is 0 Å². The maximum absolute atomic E-state index is 13.3. The Labute approximate surface area is 388 Å². The fourth-order valence-electron chi connectivity index (χ4n) is 8.82. The number of carbonyl (C=O) groups is 2. The number of nitrogens with one attached hydrogen (secondary N) is 2. The van der Waals surface area contributed by atoms with Crippen LogP contribution in [0.3, 0.4) is 0 Å². The number of hydrogen-bond donors (Lipinski definition) is 3. The number of rotatable bonds is 23. The molecule has 10 heteroatoms. The van der Waals surface area contributed by atoms with E-state index in [0.29, 0.717) is 13.1 Å². The quantitative estimate of drug-likeness (QED) is 0.0544. The van der Waals surface area contributed by atoms with Gasteiger partial charge in [0.15, 0.2) is 0 Å². The van der Waals surface area contributed by atoms with Crippen LogP contribution in [0.15, 0.2) is 146 Å². The number of para-hydroxylation sites is 2. The van der Waals surface area contributed by atoms with Gasteiger partial charge in [-0.05, 0) is 124 Å². The summed E-state index contributed by atoms with van der Waals surface area (Å²) in [7, 11) is 4.29. The minimum Gasteiger partial charge on any atom is -0.384 e.